The molecule has 0 unspecified atom stereocenters. The Bertz CT molecular complexity index is 537. The minimum atomic E-state index is -0.837. The van der Waals surface area contributed by atoms with E-state index in [4.69, 9.17) is 5.26 Å². The molecule has 1 aromatic rings. The average Bonchev–Trinajstić information content (AvgIpc) is 2.47. The predicted molar refractivity (Wildman–Crippen MR) is 71.5 cm³/mol. The van der Waals surface area contributed by atoms with Gasteiger partial charge >= 0.3 is 11.8 Å². The lowest BCUT2D eigenvalue weighted by atomic mass is 10.2. The van der Waals surface area contributed by atoms with Gasteiger partial charge < -0.3 is 16.0 Å². The lowest BCUT2D eigenvalue weighted by Crippen LogP contribution is -2.36. The Morgan fingerprint density at radius 2 is 1.95 bits per heavy atom. The first-order valence-electron chi connectivity index (χ1n) is 5.94. The number of rotatable bonds is 6. The molecule has 1 aromatic carbocycles. The number of nitriles is 1. The molecular formula is C13H14N4O3. The van der Waals surface area contributed by atoms with Crippen molar-refractivity contribution < 1.29 is 14.4 Å². The summed E-state index contributed by atoms with van der Waals surface area (Å²) in [5, 5.41) is 16.1. The highest BCUT2D eigenvalue weighted by atomic mass is 16.2. The van der Waals surface area contributed by atoms with Crippen LogP contribution in [0.15, 0.2) is 24.3 Å². The normalized spacial score (nSPS) is 9.15. The van der Waals surface area contributed by atoms with Crippen LogP contribution in [0.25, 0.3) is 0 Å². The van der Waals surface area contributed by atoms with Crippen LogP contribution in [0.1, 0.15) is 12.0 Å². The van der Waals surface area contributed by atoms with Crippen molar-refractivity contribution in [3.8, 4) is 6.07 Å². The quantitative estimate of drug-likeness (QED) is 0.377. The number of carbonyl (C=O) groups is 3. The molecule has 0 saturated carbocycles. The fraction of sp³-hybridized carbons (Fsp3) is 0.231. The van der Waals surface area contributed by atoms with E-state index in [1.165, 1.54) is 6.07 Å². The molecule has 0 aliphatic rings. The maximum atomic E-state index is 11.6. The molecule has 0 aromatic heterocycles. The van der Waals surface area contributed by atoms with Gasteiger partial charge in [0.05, 0.1) is 11.3 Å². The highest BCUT2D eigenvalue weighted by molar-refractivity contribution is 6.39. The second-order valence-corrected chi connectivity index (χ2v) is 3.79. The van der Waals surface area contributed by atoms with E-state index in [-0.39, 0.29) is 17.8 Å². The van der Waals surface area contributed by atoms with Crippen LogP contribution in [0.3, 0.4) is 0 Å². The van der Waals surface area contributed by atoms with Crippen LogP contribution < -0.4 is 16.0 Å². The maximum Gasteiger partial charge on any atom is 0.313 e. The molecule has 1 rings (SSSR count). The van der Waals surface area contributed by atoms with E-state index in [1.807, 2.05) is 6.07 Å². The third-order valence-corrected chi connectivity index (χ3v) is 2.37. The number of hydrogen-bond donors (Lipinski definition) is 3. The molecule has 0 bridgehead atoms. The van der Waals surface area contributed by atoms with Gasteiger partial charge in [-0.15, -0.1) is 0 Å². The van der Waals surface area contributed by atoms with E-state index in [9.17, 15) is 14.4 Å². The van der Waals surface area contributed by atoms with E-state index in [0.29, 0.717) is 19.4 Å². The number of carbonyl (C=O) groups excluding carboxylic acids is 3. The van der Waals surface area contributed by atoms with E-state index in [0.717, 1.165) is 0 Å². The summed E-state index contributed by atoms with van der Waals surface area (Å²) < 4.78 is 0. The highest BCUT2D eigenvalue weighted by Gasteiger charge is 2.14. The van der Waals surface area contributed by atoms with Crippen molar-refractivity contribution in [3.05, 3.63) is 29.8 Å². The Labute approximate surface area is 116 Å². The number of para-hydroxylation sites is 1. The molecular weight excluding hydrogens is 260 g/mol. The van der Waals surface area contributed by atoms with E-state index >= 15 is 0 Å². The van der Waals surface area contributed by atoms with Gasteiger partial charge in [0.1, 0.15) is 6.07 Å². The van der Waals surface area contributed by atoms with Gasteiger partial charge in [0.25, 0.3) is 0 Å². The van der Waals surface area contributed by atoms with Crippen molar-refractivity contribution in [2.45, 2.75) is 6.42 Å². The molecule has 104 valence electrons. The first-order chi connectivity index (χ1) is 9.69. The lowest BCUT2D eigenvalue weighted by Gasteiger charge is -2.07. The molecule has 0 aliphatic heterocycles. The summed E-state index contributed by atoms with van der Waals surface area (Å²) >= 11 is 0. The molecule has 0 spiro atoms. The zero-order valence-electron chi connectivity index (χ0n) is 10.7. The largest absolute Gasteiger partial charge is 0.359 e. The third kappa shape index (κ3) is 4.78. The summed E-state index contributed by atoms with van der Waals surface area (Å²) in [6.45, 7) is 0.690. The van der Waals surface area contributed by atoms with Gasteiger partial charge in [0.15, 0.2) is 0 Å². The first-order valence-corrected chi connectivity index (χ1v) is 5.94. The van der Waals surface area contributed by atoms with Crippen LogP contribution in [-0.2, 0) is 14.4 Å². The topological polar surface area (TPSA) is 111 Å². The van der Waals surface area contributed by atoms with Gasteiger partial charge in [-0.05, 0) is 18.6 Å². The summed E-state index contributed by atoms with van der Waals surface area (Å²) in [5.74, 6) is -1.63. The second kappa shape index (κ2) is 8.26. The maximum absolute atomic E-state index is 11.6. The molecule has 7 nitrogen and oxygen atoms in total. The second-order valence-electron chi connectivity index (χ2n) is 3.79. The molecule has 20 heavy (non-hydrogen) atoms. The summed E-state index contributed by atoms with van der Waals surface area (Å²) in [6, 6.07) is 8.31. The zero-order valence-corrected chi connectivity index (χ0v) is 10.7. The van der Waals surface area contributed by atoms with Crippen LogP contribution in [0.5, 0.6) is 0 Å². The predicted octanol–water partition coefficient (Wildman–Crippen LogP) is -0.251. The first kappa shape index (κ1) is 15.2. The molecule has 3 amide bonds. The Balaban J connectivity index is 2.44. The van der Waals surface area contributed by atoms with Gasteiger partial charge in [-0.2, -0.15) is 5.26 Å². The zero-order chi connectivity index (χ0) is 14.8. The summed E-state index contributed by atoms with van der Waals surface area (Å²) in [6.07, 6.45) is 1.08. The molecule has 0 aliphatic carbocycles. The van der Waals surface area contributed by atoms with Crippen molar-refractivity contribution in [2.24, 2.45) is 0 Å². The van der Waals surface area contributed by atoms with Gasteiger partial charge in [-0.1, -0.05) is 12.1 Å². The molecule has 7 heteroatoms. The molecule has 0 fully saturated rings. The fourth-order valence-corrected chi connectivity index (χ4v) is 1.40. The molecule has 3 N–H and O–H groups in total. The van der Waals surface area contributed by atoms with E-state index < -0.39 is 11.8 Å². The molecule has 0 radical (unpaired) electrons. The Hall–Kier alpha value is -2.88. The van der Waals surface area contributed by atoms with E-state index in [2.05, 4.69) is 16.0 Å². The van der Waals surface area contributed by atoms with Crippen molar-refractivity contribution in [1.29, 1.82) is 5.26 Å². The standard InChI is InChI=1S/C13H14N4O3/c14-8-10-4-1-2-5-11(10)17-13(20)12(19)16-7-3-6-15-9-18/h1-2,4-5,9H,3,6-7H2,(H,15,18)(H,16,19)(H,17,20). The number of anilines is 1. The highest BCUT2D eigenvalue weighted by Crippen LogP contribution is 2.12. The van der Waals surface area contributed by atoms with Crippen molar-refractivity contribution in [1.82, 2.24) is 10.6 Å². The van der Waals surface area contributed by atoms with Gasteiger partial charge in [-0.25, -0.2) is 0 Å². The van der Waals surface area contributed by atoms with Crippen LogP contribution in [0.4, 0.5) is 5.69 Å². The van der Waals surface area contributed by atoms with Crippen LogP contribution >= 0.6 is 0 Å². The van der Waals surface area contributed by atoms with Gasteiger partial charge in [0, 0.05) is 13.1 Å². The van der Waals surface area contributed by atoms with Gasteiger partial charge in [-0.3, -0.25) is 14.4 Å². The number of benzene rings is 1. The SMILES string of the molecule is N#Cc1ccccc1NC(=O)C(=O)NCCCNC=O. The smallest absolute Gasteiger partial charge is 0.313 e. The minimum Gasteiger partial charge on any atom is -0.359 e. The van der Waals surface area contributed by atoms with Crippen molar-refractivity contribution in [3.63, 3.8) is 0 Å². The Morgan fingerprint density at radius 1 is 1.20 bits per heavy atom. The Kier molecular flexibility index (Phi) is 6.27. The monoisotopic (exact) mass is 274 g/mol. The lowest BCUT2D eigenvalue weighted by molar-refractivity contribution is -0.136. The number of hydrogen-bond acceptors (Lipinski definition) is 4. The third-order valence-electron chi connectivity index (χ3n) is 2.37. The summed E-state index contributed by atoms with van der Waals surface area (Å²) in [4.78, 5) is 33.1. The van der Waals surface area contributed by atoms with Gasteiger partial charge in [0.2, 0.25) is 6.41 Å². The average molecular weight is 274 g/mol. The minimum absolute atomic E-state index is 0.271. The van der Waals surface area contributed by atoms with Crippen LogP contribution in [-0.4, -0.2) is 31.3 Å². The number of nitrogens with zero attached hydrogens (tertiary/aromatic N) is 1. The molecule has 0 heterocycles. The van der Waals surface area contributed by atoms with E-state index in [1.54, 1.807) is 18.2 Å². The Morgan fingerprint density at radius 3 is 2.65 bits per heavy atom. The van der Waals surface area contributed by atoms with Crippen molar-refractivity contribution in [2.75, 3.05) is 18.4 Å². The molecule has 0 atom stereocenters. The van der Waals surface area contributed by atoms with Crippen LogP contribution in [0, 0.1) is 11.3 Å². The fourth-order valence-electron chi connectivity index (χ4n) is 1.40. The van der Waals surface area contributed by atoms with Crippen LogP contribution in [0.2, 0.25) is 0 Å². The van der Waals surface area contributed by atoms with Crippen molar-refractivity contribution >= 4 is 23.9 Å². The summed E-state index contributed by atoms with van der Waals surface area (Å²) in [5.41, 5.74) is 0.571. The summed E-state index contributed by atoms with van der Waals surface area (Å²) in [7, 11) is 0. The number of nitrogens with one attached hydrogen (secondary N) is 3. The number of amides is 3. The molecule has 0 saturated heterocycles.